The van der Waals surface area contributed by atoms with E-state index in [0.717, 1.165) is 5.56 Å². The summed E-state index contributed by atoms with van der Waals surface area (Å²) in [6, 6.07) is 0. The summed E-state index contributed by atoms with van der Waals surface area (Å²) in [6.45, 7) is 7.93. The highest BCUT2D eigenvalue weighted by Gasteiger charge is 2.03. The third kappa shape index (κ3) is 2.37. The Bertz CT molecular complexity index is 500. The molecular weight excluding hydrogens is 202 g/mol. The number of aryl methyl sites for hydroxylation is 1. The summed E-state index contributed by atoms with van der Waals surface area (Å²) in [6.07, 6.45) is 3.78. The maximum Gasteiger partial charge on any atom is 0.0541 e. The van der Waals surface area contributed by atoms with Crippen molar-refractivity contribution in [1.29, 1.82) is 0 Å². The van der Waals surface area contributed by atoms with E-state index in [2.05, 4.69) is 29.1 Å². The standard InChI is InChI=1S/C11H9NS.C2H6/c1-3-4-9-7-13-10-6-12-5-8(2)11(9)10;1-2/h5-7H,1-2H3;1-2H3. The highest BCUT2D eigenvalue weighted by molar-refractivity contribution is 7.17. The van der Waals surface area contributed by atoms with E-state index in [9.17, 15) is 0 Å². The van der Waals surface area contributed by atoms with Crippen LogP contribution in [-0.4, -0.2) is 4.98 Å². The molecule has 1 nitrogen and oxygen atoms in total. The lowest BCUT2D eigenvalue weighted by molar-refractivity contribution is 1.32. The maximum atomic E-state index is 4.15. The Morgan fingerprint density at radius 3 is 2.67 bits per heavy atom. The zero-order chi connectivity index (χ0) is 11.3. The Labute approximate surface area is 95.2 Å². The molecule has 0 saturated carbocycles. The van der Waals surface area contributed by atoms with Gasteiger partial charge in [0.2, 0.25) is 0 Å². The molecule has 78 valence electrons. The van der Waals surface area contributed by atoms with Gasteiger partial charge in [-0.25, -0.2) is 0 Å². The van der Waals surface area contributed by atoms with E-state index in [4.69, 9.17) is 0 Å². The lowest BCUT2D eigenvalue weighted by atomic mass is 10.1. The molecule has 2 heteroatoms. The first-order chi connectivity index (χ1) is 7.33. The Balaban J connectivity index is 0.000000531. The normalized spacial score (nSPS) is 8.80. The second-order valence-electron chi connectivity index (χ2n) is 2.85. The first-order valence-corrected chi connectivity index (χ1v) is 5.95. The Morgan fingerprint density at radius 2 is 2.00 bits per heavy atom. The van der Waals surface area contributed by atoms with Gasteiger partial charge >= 0.3 is 0 Å². The average Bonchev–Trinajstić information content (AvgIpc) is 2.67. The summed E-state index contributed by atoms with van der Waals surface area (Å²) >= 11 is 1.70. The number of aromatic nitrogens is 1. The third-order valence-corrected chi connectivity index (χ3v) is 2.85. The summed E-state index contributed by atoms with van der Waals surface area (Å²) in [4.78, 5) is 4.15. The highest BCUT2D eigenvalue weighted by atomic mass is 32.1. The van der Waals surface area contributed by atoms with Crippen LogP contribution in [0.3, 0.4) is 0 Å². The van der Waals surface area contributed by atoms with Gasteiger partial charge in [-0.2, -0.15) is 0 Å². The van der Waals surface area contributed by atoms with Crippen LogP contribution in [0.1, 0.15) is 31.9 Å². The van der Waals surface area contributed by atoms with Crippen LogP contribution in [0, 0.1) is 18.8 Å². The number of thiophene rings is 1. The average molecular weight is 217 g/mol. The van der Waals surface area contributed by atoms with Crippen LogP contribution in [0.5, 0.6) is 0 Å². The van der Waals surface area contributed by atoms with Crippen molar-refractivity contribution in [3.8, 4) is 11.8 Å². The van der Waals surface area contributed by atoms with Crippen molar-refractivity contribution in [1.82, 2.24) is 4.98 Å². The van der Waals surface area contributed by atoms with E-state index in [0.29, 0.717) is 0 Å². The Kier molecular flexibility index (Phi) is 4.33. The molecule has 0 fully saturated rings. The van der Waals surface area contributed by atoms with Gasteiger partial charge in [-0.05, 0) is 19.4 Å². The van der Waals surface area contributed by atoms with Crippen molar-refractivity contribution in [3.63, 3.8) is 0 Å². The number of hydrogen-bond acceptors (Lipinski definition) is 2. The quantitative estimate of drug-likeness (QED) is 0.608. The zero-order valence-electron chi connectivity index (χ0n) is 9.59. The molecule has 2 aromatic rings. The van der Waals surface area contributed by atoms with Crippen LogP contribution in [-0.2, 0) is 0 Å². The van der Waals surface area contributed by atoms with Gasteiger partial charge in [0.05, 0.1) is 4.70 Å². The predicted molar refractivity (Wildman–Crippen MR) is 68.3 cm³/mol. The van der Waals surface area contributed by atoms with Gasteiger partial charge in [-0.1, -0.05) is 19.8 Å². The lowest BCUT2D eigenvalue weighted by Gasteiger charge is -1.94. The van der Waals surface area contributed by atoms with E-state index in [1.807, 2.05) is 33.2 Å². The molecule has 0 unspecified atom stereocenters. The Hall–Kier alpha value is -1.33. The van der Waals surface area contributed by atoms with E-state index >= 15 is 0 Å². The van der Waals surface area contributed by atoms with E-state index < -0.39 is 0 Å². The molecule has 0 amide bonds. The minimum absolute atomic E-state index is 1.13. The minimum atomic E-state index is 1.13. The molecule has 0 spiro atoms. The molecular formula is C13H15NS. The van der Waals surface area contributed by atoms with Crippen molar-refractivity contribution in [2.45, 2.75) is 27.7 Å². The first-order valence-electron chi connectivity index (χ1n) is 5.07. The van der Waals surface area contributed by atoms with Gasteiger partial charge in [-0.15, -0.1) is 17.3 Å². The molecule has 0 aliphatic rings. The van der Waals surface area contributed by atoms with E-state index in [1.54, 1.807) is 11.3 Å². The van der Waals surface area contributed by atoms with E-state index in [-0.39, 0.29) is 0 Å². The molecule has 0 bridgehead atoms. The number of nitrogens with zero attached hydrogens (tertiary/aromatic N) is 1. The largest absolute Gasteiger partial charge is 0.263 e. The summed E-state index contributed by atoms with van der Waals surface area (Å²) < 4.78 is 1.22. The smallest absolute Gasteiger partial charge is 0.0541 e. The monoisotopic (exact) mass is 217 g/mol. The van der Waals surface area contributed by atoms with Crippen LogP contribution in [0.4, 0.5) is 0 Å². The number of pyridine rings is 1. The summed E-state index contributed by atoms with van der Waals surface area (Å²) in [5.74, 6) is 6.03. The van der Waals surface area contributed by atoms with Crippen molar-refractivity contribution in [3.05, 3.63) is 28.9 Å². The fourth-order valence-corrected chi connectivity index (χ4v) is 2.31. The molecule has 2 rings (SSSR count). The van der Waals surface area contributed by atoms with E-state index in [1.165, 1.54) is 15.6 Å². The van der Waals surface area contributed by atoms with Crippen LogP contribution in [0.2, 0.25) is 0 Å². The molecule has 0 aliphatic carbocycles. The van der Waals surface area contributed by atoms with Crippen LogP contribution >= 0.6 is 11.3 Å². The van der Waals surface area contributed by atoms with Gasteiger partial charge in [0, 0.05) is 28.7 Å². The molecule has 2 aromatic heterocycles. The van der Waals surface area contributed by atoms with Crippen LogP contribution < -0.4 is 0 Å². The molecule has 0 atom stereocenters. The van der Waals surface area contributed by atoms with Crippen LogP contribution in [0.25, 0.3) is 10.1 Å². The fourth-order valence-electron chi connectivity index (χ4n) is 1.38. The zero-order valence-corrected chi connectivity index (χ0v) is 10.4. The number of hydrogen-bond donors (Lipinski definition) is 0. The SMILES string of the molecule is CC.CC#Cc1csc2cncc(C)c12. The predicted octanol–water partition coefficient (Wildman–Crippen LogP) is 4.00. The molecule has 0 aliphatic heterocycles. The summed E-state index contributed by atoms with van der Waals surface area (Å²) in [5, 5.41) is 3.35. The van der Waals surface area contributed by atoms with Gasteiger partial charge in [0.25, 0.3) is 0 Å². The second kappa shape index (κ2) is 5.53. The van der Waals surface area contributed by atoms with Crippen LogP contribution in [0.15, 0.2) is 17.8 Å². The topological polar surface area (TPSA) is 12.9 Å². The van der Waals surface area contributed by atoms with Crippen molar-refractivity contribution >= 4 is 21.4 Å². The third-order valence-electron chi connectivity index (χ3n) is 1.93. The summed E-state index contributed by atoms with van der Waals surface area (Å²) in [7, 11) is 0. The molecule has 2 heterocycles. The molecule has 15 heavy (non-hydrogen) atoms. The lowest BCUT2D eigenvalue weighted by Crippen LogP contribution is -1.78. The van der Waals surface area contributed by atoms with Crippen molar-refractivity contribution in [2.24, 2.45) is 0 Å². The Morgan fingerprint density at radius 1 is 1.27 bits per heavy atom. The molecule has 0 radical (unpaired) electrons. The van der Waals surface area contributed by atoms with Gasteiger partial charge in [-0.3, -0.25) is 4.98 Å². The first kappa shape index (κ1) is 11.7. The maximum absolute atomic E-state index is 4.15. The van der Waals surface area contributed by atoms with Gasteiger partial charge in [0.1, 0.15) is 0 Å². The second-order valence-corrected chi connectivity index (χ2v) is 3.77. The van der Waals surface area contributed by atoms with Crippen molar-refractivity contribution < 1.29 is 0 Å². The van der Waals surface area contributed by atoms with Crippen molar-refractivity contribution in [2.75, 3.05) is 0 Å². The fraction of sp³-hybridized carbons (Fsp3) is 0.308. The number of rotatable bonds is 0. The molecule has 0 N–H and O–H groups in total. The summed E-state index contributed by atoms with van der Waals surface area (Å²) in [5.41, 5.74) is 2.33. The highest BCUT2D eigenvalue weighted by Crippen LogP contribution is 2.26. The minimum Gasteiger partial charge on any atom is -0.263 e. The molecule has 0 saturated heterocycles. The number of fused-ring (bicyclic) bond motifs is 1. The molecule has 0 aromatic carbocycles. The van der Waals surface area contributed by atoms with Gasteiger partial charge < -0.3 is 0 Å². The van der Waals surface area contributed by atoms with Gasteiger partial charge in [0.15, 0.2) is 0 Å².